The third-order valence-corrected chi connectivity index (χ3v) is 6.98. The first-order valence-electron chi connectivity index (χ1n) is 9.73. The van der Waals surface area contributed by atoms with Gasteiger partial charge >= 0.3 is 0 Å². The van der Waals surface area contributed by atoms with E-state index >= 15 is 0 Å². The molecule has 9 heteroatoms. The van der Waals surface area contributed by atoms with Gasteiger partial charge in [0, 0.05) is 18.8 Å². The normalized spacial score (nSPS) is 15.4. The predicted octanol–water partition coefficient (Wildman–Crippen LogP) is 3.00. The smallest absolute Gasteiger partial charge is 0.264 e. The van der Waals surface area contributed by atoms with Crippen LogP contribution in [0.4, 0.5) is 5.69 Å². The molecule has 0 radical (unpaired) electrons. The molecule has 1 saturated heterocycles. The van der Waals surface area contributed by atoms with E-state index in [1.165, 1.54) is 4.31 Å². The van der Waals surface area contributed by atoms with Gasteiger partial charge in [0.25, 0.3) is 5.91 Å². The maximum Gasteiger partial charge on any atom is 0.264 e. The zero-order chi connectivity index (χ0) is 21.6. The van der Waals surface area contributed by atoms with Crippen molar-refractivity contribution in [1.29, 1.82) is 0 Å². The van der Waals surface area contributed by atoms with Crippen LogP contribution >= 0.6 is 12.2 Å². The largest absolute Gasteiger partial charge is 0.484 e. The predicted molar refractivity (Wildman–Crippen MR) is 120 cm³/mol. The minimum atomic E-state index is -3.50. The number of nitrogens with one attached hydrogen (secondary N) is 2. The Morgan fingerprint density at radius 2 is 1.73 bits per heavy atom. The highest BCUT2D eigenvalue weighted by molar-refractivity contribution is 7.89. The number of piperidine rings is 1. The lowest BCUT2D eigenvalue weighted by Gasteiger charge is -2.29. The Morgan fingerprint density at radius 1 is 1.10 bits per heavy atom. The van der Waals surface area contributed by atoms with Gasteiger partial charge < -0.3 is 10.1 Å². The summed E-state index contributed by atoms with van der Waals surface area (Å²) in [5.41, 5.74) is 0.579. The number of nitrogens with zero attached hydrogens (tertiary/aromatic N) is 1. The van der Waals surface area contributed by atoms with Crippen molar-refractivity contribution < 1.29 is 17.9 Å². The van der Waals surface area contributed by atoms with Crippen LogP contribution in [0.25, 0.3) is 0 Å². The number of carbonyl (C=O) groups excluding carboxylic acids is 1. The molecule has 1 fully saturated rings. The van der Waals surface area contributed by atoms with Crippen molar-refractivity contribution in [3.63, 3.8) is 0 Å². The van der Waals surface area contributed by atoms with E-state index in [1.807, 2.05) is 18.2 Å². The van der Waals surface area contributed by atoms with E-state index in [4.69, 9.17) is 17.0 Å². The van der Waals surface area contributed by atoms with E-state index in [1.54, 1.807) is 36.4 Å². The van der Waals surface area contributed by atoms with Crippen molar-refractivity contribution in [3.05, 3.63) is 54.6 Å². The molecule has 30 heavy (non-hydrogen) atoms. The van der Waals surface area contributed by atoms with Crippen molar-refractivity contribution in [3.8, 4) is 5.75 Å². The van der Waals surface area contributed by atoms with Crippen LogP contribution in [0.3, 0.4) is 0 Å². The Labute approximate surface area is 182 Å². The van der Waals surface area contributed by atoms with Gasteiger partial charge in [-0.1, -0.05) is 25.1 Å². The molecule has 3 rings (SSSR count). The summed E-state index contributed by atoms with van der Waals surface area (Å²) in [5.74, 6) is 0.749. The van der Waals surface area contributed by atoms with Crippen molar-refractivity contribution in [2.45, 2.75) is 24.7 Å². The fraction of sp³-hybridized carbons (Fsp3) is 0.333. The molecule has 1 heterocycles. The first-order chi connectivity index (χ1) is 14.3. The van der Waals surface area contributed by atoms with Crippen molar-refractivity contribution in [2.75, 3.05) is 25.0 Å². The minimum absolute atomic E-state index is 0.109. The fourth-order valence-electron chi connectivity index (χ4n) is 3.08. The van der Waals surface area contributed by atoms with Gasteiger partial charge in [-0.05, 0) is 67.4 Å². The van der Waals surface area contributed by atoms with E-state index in [9.17, 15) is 13.2 Å². The average molecular weight is 448 g/mol. The number of benzene rings is 2. The van der Waals surface area contributed by atoms with Gasteiger partial charge in [-0.3, -0.25) is 10.1 Å². The molecule has 1 aliphatic rings. The molecule has 0 atom stereocenters. The number of anilines is 1. The van der Waals surface area contributed by atoms with Crippen LogP contribution in [-0.4, -0.2) is 43.4 Å². The van der Waals surface area contributed by atoms with Crippen molar-refractivity contribution in [1.82, 2.24) is 9.62 Å². The summed E-state index contributed by atoms with van der Waals surface area (Å²) in [6, 6.07) is 15.3. The first-order valence-corrected chi connectivity index (χ1v) is 11.6. The zero-order valence-corrected chi connectivity index (χ0v) is 18.3. The monoisotopic (exact) mass is 447 g/mol. The summed E-state index contributed by atoms with van der Waals surface area (Å²) in [7, 11) is -3.50. The molecule has 0 spiro atoms. The van der Waals surface area contributed by atoms with Crippen LogP contribution in [0.2, 0.25) is 0 Å². The summed E-state index contributed by atoms with van der Waals surface area (Å²) in [4.78, 5) is 12.2. The van der Waals surface area contributed by atoms with E-state index < -0.39 is 15.9 Å². The zero-order valence-electron chi connectivity index (χ0n) is 16.7. The Hall–Kier alpha value is -2.49. The van der Waals surface area contributed by atoms with Crippen LogP contribution < -0.4 is 15.4 Å². The van der Waals surface area contributed by atoms with Crippen LogP contribution in [0.5, 0.6) is 5.75 Å². The number of thiocarbonyl (C=S) groups is 1. The molecular weight excluding hydrogens is 422 g/mol. The number of rotatable bonds is 6. The van der Waals surface area contributed by atoms with E-state index in [0.717, 1.165) is 12.8 Å². The number of amides is 1. The topological polar surface area (TPSA) is 87.7 Å². The maximum absolute atomic E-state index is 12.8. The number of para-hydroxylation sites is 1. The van der Waals surface area contributed by atoms with Crippen LogP contribution in [0.1, 0.15) is 19.8 Å². The lowest BCUT2D eigenvalue weighted by Crippen LogP contribution is -2.38. The molecule has 0 aromatic heterocycles. The SMILES string of the molecule is CC1CCN(S(=O)(=O)c2ccc(NC(=S)NC(=O)COc3ccccc3)cc2)CC1. The Kier molecular flexibility index (Phi) is 7.41. The summed E-state index contributed by atoms with van der Waals surface area (Å²) in [5, 5.41) is 5.51. The minimum Gasteiger partial charge on any atom is -0.484 e. The molecule has 0 aliphatic carbocycles. The van der Waals surface area contributed by atoms with E-state index in [0.29, 0.717) is 30.4 Å². The second kappa shape index (κ2) is 10.0. The van der Waals surface area contributed by atoms with Gasteiger partial charge in [0.05, 0.1) is 4.90 Å². The maximum atomic E-state index is 12.8. The van der Waals surface area contributed by atoms with Gasteiger partial charge in [-0.25, -0.2) is 8.42 Å². The number of sulfonamides is 1. The Balaban J connectivity index is 1.51. The third-order valence-electron chi connectivity index (χ3n) is 4.86. The molecule has 160 valence electrons. The first kappa shape index (κ1) is 22.2. The standard InChI is InChI=1S/C21H25N3O4S2/c1-16-11-13-24(14-12-16)30(26,27)19-9-7-17(8-10-19)22-21(29)23-20(25)15-28-18-5-3-2-4-6-18/h2-10,16H,11-15H2,1H3,(H2,22,23,25,29). The van der Waals surface area contributed by atoms with Gasteiger partial charge in [0.15, 0.2) is 11.7 Å². The summed E-state index contributed by atoms with van der Waals surface area (Å²) in [6.07, 6.45) is 1.75. The Morgan fingerprint density at radius 3 is 2.37 bits per heavy atom. The fourth-order valence-corrected chi connectivity index (χ4v) is 4.78. The molecule has 7 nitrogen and oxygen atoms in total. The van der Waals surface area contributed by atoms with E-state index in [-0.39, 0.29) is 16.6 Å². The summed E-state index contributed by atoms with van der Waals surface area (Å²) < 4.78 is 32.4. The van der Waals surface area contributed by atoms with Gasteiger partial charge in [0.2, 0.25) is 10.0 Å². The highest BCUT2D eigenvalue weighted by atomic mass is 32.2. The number of ether oxygens (including phenoxy) is 1. The molecule has 2 N–H and O–H groups in total. The van der Waals surface area contributed by atoms with Gasteiger partial charge in [0.1, 0.15) is 5.75 Å². The van der Waals surface area contributed by atoms with Crippen LogP contribution in [-0.2, 0) is 14.8 Å². The average Bonchev–Trinajstić information content (AvgIpc) is 2.73. The molecule has 2 aromatic rings. The molecule has 1 amide bonds. The van der Waals surface area contributed by atoms with Crippen molar-refractivity contribution in [2.24, 2.45) is 5.92 Å². The van der Waals surface area contributed by atoms with E-state index in [2.05, 4.69) is 17.6 Å². The second-order valence-corrected chi connectivity index (χ2v) is 9.56. The molecule has 0 bridgehead atoms. The van der Waals surface area contributed by atoms with Gasteiger partial charge in [-0.15, -0.1) is 0 Å². The van der Waals surface area contributed by atoms with Crippen molar-refractivity contribution >= 4 is 38.9 Å². The molecule has 2 aromatic carbocycles. The highest BCUT2D eigenvalue weighted by Crippen LogP contribution is 2.24. The molecule has 0 saturated carbocycles. The van der Waals surface area contributed by atoms with Crippen LogP contribution in [0.15, 0.2) is 59.5 Å². The summed E-state index contributed by atoms with van der Waals surface area (Å²) in [6.45, 7) is 3.06. The molecular formula is C21H25N3O4S2. The summed E-state index contributed by atoms with van der Waals surface area (Å²) >= 11 is 5.14. The number of carbonyl (C=O) groups is 1. The molecule has 1 aliphatic heterocycles. The Bertz CT molecular complexity index is 971. The number of hydrogen-bond acceptors (Lipinski definition) is 5. The second-order valence-electron chi connectivity index (χ2n) is 7.22. The van der Waals surface area contributed by atoms with Gasteiger partial charge in [-0.2, -0.15) is 4.31 Å². The lowest BCUT2D eigenvalue weighted by molar-refractivity contribution is -0.121. The highest BCUT2D eigenvalue weighted by Gasteiger charge is 2.27. The lowest BCUT2D eigenvalue weighted by atomic mass is 10.0. The third kappa shape index (κ3) is 6.01. The molecule has 0 unspecified atom stereocenters. The number of hydrogen-bond donors (Lipinski definition) is 2. The van der Waals surface area contributed by atoms with Crippen LogP contribution in [0, 0.1) is 5.92 Å². The quantitative estimate of drug-likeness (QED) is 0.662.